The second kappa shape index (κ2) is 7.40. The summed E-state index contributed by atoms with van der Waals surface area (Å²) in [5.41, 5.74) is 11.2. The molecule has 0 aliphatic carbocycles. The van der Waals surface area contributed by atoms with Gasteiger partial charge in [0.1, 0.15) is 0 Å². The summed E-state index contributed by atoms with van der Waals surface area (Å²) in [5.74, 6) is 0. The van der Waals surface area contributed by atoms with Crippen molar-refractivity contribution in [1.82, 2.24) is 4.90 Å². The Morgan fingerprint density at radius 3 is 1.36 bits per heavy atom. The Kier molecular flexibility index (Phi) is 11.9. The zero-order valence-electron chi connectivity index (χ0n) is 6.40. The van der Waals surface area contributed by atoms with E-state index in [0.29, 0.717) is 0 Å². The maximum Gasteiger partial charge on any atom is 0.0334 e. The van der Waals surface area contributed by atoms with Crippen LogP contribution in [0.15, 0.2) is 0 Å². The van der Waals surface area contributed by atoms with Crippen molar-refractivity contribution in [3.63, 3.8) is 0 Å². The van der Waals surface area contributed by atoms with Crippen molar-refractivity contribution < 1.29 is 0 Å². The molecule has 6 heteroatoms. The third-order valence-corrected chi connectivity index (χ3v) is 1.59. The van der Waals surface area contributed by atoms with Crippen LogP contribution in [-0.4, -0.2) is 37.1 Å². The van der Waals surface area contributed by atoms with Gasteiger partial charge in [-0.05, 0) is 7.05 Å². The van der Waals surface area contributed by atoms with Crippen molar-refractivity contribution >= 4 is 37.2 Å². The Balaban J connectivity index is -0.000000213. The molecule has 0 unspecified atom stereocenters. The van der Waals surface area contributed by atoms with Gasteiger partial charge in [-0.1, -0.05) is 0 Å². The molecule has 0 saturated carbocycles. The van der Waals surface area contributed by atoms with Crippen LogP contribution in [0, 0.1) is 0 Å². The molecule has 0 bridgehead atoms. The number of halogens is 3. The zero-order valence-corrected chi connectivity index (χ0v) is 8.85. The van der Waals surface area contributed by atoms with Crippen molar-refractivity contribution in [2.45, 2.75) is 12.1 Å². The summed E-state index contributed by atoms with van der Waals surface area (Å²) in [6, 6.07) is 0.389. The van der Waals surface area contributed by atoms with Gasteiger partial charge in [-0.15, -0.1) is 37.2 Å². The highest BCUT2D eigenvalue weighted by molar-refractivity contribution is 5.86. The molecule has 3 nitrogen and oxygen atoms in total. The van der Waals surface area contributed by atoms with Gasteiger partial charge in [0.15, 0.2) is 0 Å². The zero-order chi connectivity index (χ0) is 6.15. The molecule has 0 aromatic rings. The quantitative estimate of drug-likeness (QED) is 0.602. The summed E-state index contributed by atoms with van der Waals surface area (Å²) in [7, 11) is 2.03. The normalized spacial score (nSPS) is 29.7. The molecule has 72 valence electrons. The second-order valence-electron chi connectivity index (χ2n) is 2.55. The number of likely N-dealkylation sites (tertiary alicyclic amines) is 1. The summed E-state index contributed by atoms with van der Waals surface area (Å²) >= 11 is 0. The van der Waals surface area contributed by atoms with Crippen molar-refractivity contribution in [2.24, 2.45) is 11.5 Å². The van der Waals surface area contributed by atoms with Crippen LogP contribution < -0.4 is 11.5 Å². The first-order valence-corrected chi connectivity index (χ1v) is 2.90. The van der Waals surface area contributed by atoms with E-state index < -0.39 is 0 Å². The third kappa shape index (κ3) is 5.06. The topological polar surface area (TPSA) is 55.3 Å². The Hall–Kier alpha value is 0.750. The molecule has 0 amide bonds. The summed E-state index contributed by atoms with van der Waals surface area (Å²) < 4.78 is 0. The van der Waals surface area contributed by atoms with E-state index in [1.807, 2.05) is 7.05 Å². The average Bonchev–Trinajstić information content (AvgIpc) is 1.85. The molecular formula is C5H16Cl3N3. The molecule has 1 heterocycles. The molecular weight excluding hydrogens is 208 g/mol. The lowest BCUT2D eigenvalue weighted by molar-refractivity contribution is 0.407. The van der Waals surface area contributed by atoms with E-state index in [2.05, 4.69) is 4.90 Å². The van der Waals surface area contributed by atoms with E-state index in [1.54, 1.807) is 0 Å². The van der Waals surface area contributed by atoms with Crippen molar-refractivity contribution in [1.29, 1.82) is 0 Å². The molecule has 11 heavy (non-hydrogen) atoms. The molecule has 2 atom stereocenters. The number of nitrogens with two attached hydrogens (primary N) is 2. The van der Waals surface area contributed by atoms with Gasteiger partial charge in [-0.25, -0.2) is 0 Å². The molecule has 0 spiro atoms. The van der Waals surface area contributed by atoms with Gasteiger partial charge in [-0.3, -0.25) is 0 Å². The highest BCUT2D eigenvalue weighted by atomic mass is 35.5. The van der Waals surface area contributed by atoms with Crippen LogP contribution in [0.1, 0.15) is 0 Å². The summed E-state index contributed by atoms with van der Waals surface area (Å²) in [6.45, 7) is 1.89. The van der Waals surface area contributed by atoms with E-state index in [9.17, 15) is 0 Å². The van der Waals surface area contributed by atoms with Crippen LogP contribution in [-0.2, 0) is 0 Å². The first-order chi connectivity index (χ1) is 3.70. The first-order valence-electron chi connectivity index (χ1n) is 2.90. The number of hydrogen-bond donors (Lipinski definition) is 2. The van der Waals surface area contributed by atoms with Gasteiger partial charge in [-0.2, -0.15) is 0 Å². The summed E-state index contributed by atoms with van der Waals surface area (Å²) in [5, 5.41) is 0. The molecule has 4 N–H and O–H groups in total. The largest absolute Gasteiger partial charge is 0.325 e. The van der Waals surface area contributed by atoms with E-state index in [-0.39, 0.29) is 49.3 Å². The van der Waals surface area contributed by atoms with Crippen LogP contribution in [0.2, 0.25) is 0 Å². The Bertz CT molecular complexity index is 83.0. The highest BCUT2D eigenvalue weighted by Gasteiger charge is 2.23. The Morgan fingerprint density at radius 2 is 1.27 bits per heavy atom. The fourth-order valence-electron chi connectivity index (χ4n) is 1.07. The van der Waals surface area contributed by atoms with Gasteiger partial charge in [0.05, 0.1) is 0 Å². The lowest BCUT2D eigenvalue weighted by Gasteiger charge is -2.04. The van der Waals surface area contributed by atoms with Crippen molar-refractivity contribution in [3.05, 3.63) is 0 Å². The van der Waals surface area contributed by atoms with Crippen LogP contribution >= 0.6 is 37.2 Å². The average molecular weight is 225 g/mol. The minimum absolute atomic E-state index is 0. The highest BCUT2D eigenvalue weighted by Crippen LogP contribution is 2.01. The Morgan fingerprint density at radius 1 is 1.00 bits per heavy atom. The minimum Gasteiger partial charge on any atom is -0.325 e. The van der Waals surface area contributed by atoms with E-state index in [1.165, 1.54) is 0 Å². The Labute approximate surface area is 86.1 Å². The smallest absolute Gasteiger partial charge is 0.0334 e. The third-order valence-electron chi connectivity index (χ3n) is 1.59. The number of likely N-dealkylation sites (N-methyl/N-ethyl adjacent to an activating group) is 1. The number of hydrogen-bond acceptors (Lipinski definition) is 3. The molecule has 1 fully saturated rings. The lowest BCUT2D eigenvalue weighted by Crippen LogP contribution is -2.39. The van der Waals surface area contributed by atoms with Gasteiger partial charge < -0.3 is 16.4 Å². The number of nitrogens with zero attached hydrogens (tertiary/aromatic N) is 1. The molecule has 0 aromatic carbocycles. The van der Waals surface area contributed by atoms with Crippen LogP contribution in [0.25, 0.3) is 0 Å². The first kappa shape index (κ1) is 17.7. The van der Waals surface area contributed by atoms with Crippen LogP contribution in [0.4, 0.5) is 0 Å². The second-order valence-corrected chi connectivity index (χ2v) is 2.55. The molecule has 1 aliphatic heterocycles. The maximum absolute atomic E-state index is 5.60. The van der Waals surface area contributed by atoms with Crippen LogP contribution in [0.5, 0.6) is 0 Å². The summed E-state index contributed by atoms with van der Waals surface area (Å²) in [6.07, 6.45) is 0. The standard InChI is InChI=1S/C5H13N3.3ClH/c1-8-2-4(6)5(7)3-8;;;/h4-5H,2-3,6-7H2,1H3;3*1H/t4-,5-;;;/m1.../s1. The predicted octanol–water partition coefficient (Wildman–Crippen LogP) is -0.148. The van der Waals surface area contributed by atoms with Crippen LogP contribution in [0.3, 0.4) is 0 Å². The van der Waals surface area contributed by atoms with E-state index in [0.717, 1.165) is 13.1 Å². The number of rotatable bonds is 0. The van der Waals surface area contributed by atoms with Gasteiger partial charge in [0, 0.05) is 25.2 Å². The maximum atomic E-state index is 5.60. The van der Waals surface area contributed by atoms with Gasteiger partial charge >= 0.3 is 0 Å². The minimum atomic E-state index is 0. The fourth-order valence-corrected chi connectivity index (χ4v) is 1.07. The lowest BCUT2D eigenvalue weighted by atomic mass is 10.2. The van der Waals surface area contributed by atoms with Gasteiger partial charge in [0.2, 0.25) is 0 Å². The summed E-state index contributed by atoms with van der Waals surface area (Å²) in [4.78, 5) is 2.15. The SMILES string of the molecule is CN1C[C@@H](N)[C@H](N)C1.Cl.Cl.Cl. The van der Waals surface area contributed by atoms with Gasteiger partial charge in [0.25, 0.3) is 0 Å². The van der Waals surface area contributed by atoms with Crippen molar-refractivity contribution in [3.8, 4) is 0 Å². The molecule has 1 rings (SSSR count). The molecule has 0 radical (unpaired) electrons. The fraction of sp³-hybridized carbons (Fsp3) is 1.00. The van der Waals surface area contributed by atoms with E-state index in [4.69, 9.17) is 11.5 Å². The monoisotopic (exact) mass is 223 g/mol. The van der Waals surface area contributed by atoms with Crippen molar-refractivity contribution in [2.75, 3.05) is 20.1 Å². The van der Waals surface area contributed by atoms with E-state index >= 15 is 0 Å². The molecule has 1 saturated heterocycles. The predicted molar refractivity (Wildman–Crippen MR) is 55.2 cm³/mol. The molecule has 1 aliphatic rings. The molecule has 0 aromatic heterocycles.